The zero-order valence-corrected chi connectivity index (χ0v) is 14.9. The Morgan fingerprint density at radius 2 is 1.92 bits per heavy atom. The largest absolute Gasteiger partial charge is 0.481 e. The summed E-state index contributed by atoms with van der Waals surface area (Å²) in [7, 11) is 0. The van der Waals surface area contributed by atoms with Crippen molar-refractivity contribution in [2.75, 3.05) is 0 Å². The van der Waals surface area contributed by atoms with E-state index in [0.717, 1.165) is 11.1 Å². The Morgan fingerprint density at radius 1 is 1.28 bits per heavy atom. The number of hydrogen-bond acceptors (Lipinski definition) is 5. The summed E-state index contributed by atoms with van der Waals surface area (Å²) in [6, 6.07) is 7.67. The summed E-state index contributed by atoms with van der Waals surface area (Å²) in [6.07, 6.45) is -0.157. The molecule has 0 bridgehead atoms. The number of aromatic nitrogens is 4. The van der Waals surface area contributed by atoms with Crippen molar-refractivity contribution in [3.05, 3.63) is 29.8 Å². The van der Waals surface area contributed by atoms with Crippen LogP contribution < -0.4 is 5.32 Å². The lowest BCUT2D eigenvalue weighted by Crippen LogP contribution is -2.52. The van der Waals surface area contributed by atoms with Crippen molar-refractivity contribution in [2.24, 2.45) is 5.92 Å². The highest BCUT2D eigenvalue weighted by molar-refractivity contribution is 5.78. The number of nitrogens with one attached hydrogen (secondary N) is 1. The van der Waals surface area contributed by atoms with Gasteiger partial charge in [-0.3, -0.25) is 9.59 Å². The molecule has 1 aromatic heterocycles. The van der Waals surface area contributed by atoms with Crippen LogP contribution in [0.15, 0.2) is 24.3 Å². The van der Waals surface area contributed by atoms with Gasteiger partial charge in [0.1, 0.15) is 6.54 Å². The van der Waals surface area contributed by atoms with Crippen LogP contribution in [0.25, 0.3) is 11.4 Å². The number of carbonyl (C=O) groups excluding carboxylic acids is 1. The molecular weight excluding hydrogens is 322 g/mol. The first-order chi connectivity index (χ1) is 11.7. The molecule has 2 rings (SSSR count). The van der Waals surface area contributed by atoms with Crippen LogP contribution in [-0.4, -0.2) is 42.7 Å². The van der Waals surface area contributed by atoms with E-state index in [1.165, 1.54) is 4.80 Å². The first-order valence-corrected chi connectivity index (χ1v) is 8.07. The van der Waals surface area contributed by atoms with Gasteiger partial charge in [0.2, 0.25) is 11.7 Å². The highest BCUT2D eigenvalue weighted by Crippen LogP contribution is 2.21. The number of carbonyl (C=O) groups is 2. The predicted molar refractivity (Wildman–Crippen MR) is 91.6 cm³/mol. The fraction of sp³-hybridized carbons (Fsp3) is 0.471. The molecule has 1 atom stereocenters. The van der Waals surface area contributed by atoms with Gasteiger partial charge in [0.15, 0.2) is 0 Å². The zero-order chi connectivity index (χ0) is 18.6. The highest BCUT2D eigenvalue weighted by atomic mass is 16.4. The first-order valence-electron chi connectivity index (χ1n) is 8.07. The lowest BCUT2D eigenvalue weighted by atomic mass is 9.85. The average molecular weight is 345 g/mol. The van der Waals surface area contributed by atoms with Gasteiger partial charge in [0.25, 0.3) is 0 Å². The molecule has 2 aromatic rings. The van der Waals surface area contributed by atoms with Crippen LogP contribution in [0.2, 0.25) is 0 Å². The van der Waals surface area contributed by atoms with E-state index in [-0.39, 0.29) is 24.8 Å². The van der Waals surface area contributed by atoms with E-state index in [1.54, 1.807) is 6.92 Å². The van der Waals surface area contributed by atoms with Gasteiger partial charge in [-0.2, -0.15) is 4.80 Å². The smallest absolute Gasteiger partial charge is 0.305 e. The van der Waals surface area contributed by atoms with E-state index in [9.17, 15) is 9.59 Å². The number of tetrazole rings is 1. The van der Waals surface area contributed by atoms with Crippen LogP contribution in [0.5, 0.6) is 0 Å². The second-order valence-electron chi connectivity index (χ2n) is 6.70. The topological polar surface area (TPSA) is 110 Å². The van der Waals surface area contributed by atoms with Gasteiger partial charge in [-0.1, -0.05) is 43.7 Å². The van der Waals surface area contributed by atoms with E-state index >= 15 is 0 Å². The average Bonchev–Trinajstić information content (AvgIpc) is 2.95. The molecular formula is C17H23N5O3. The molecule has 1 heterocycles. The molecule has 8 nitrogen and oxygen atoms in total. The monoisotopic (exact) mass is 345 g/mol. The minimum Gasteiger partial charge on any atom is -0.481 e. The van der Waals surface area contributed by atoms with Gasteiger partial charge in [0, 0.05) is 5.56 Å². The minimum absolute atomic E-state index is 0.0422. The molecule has 1 amide bonds. The van der Waals surface area contributed by atoms with Crippen molar-refractivity contribution in [1.29, 1.82) is 0 Å². The molecule has 0 radical (unpaired) electrons. The molecule has 0 saturated carbocycles. The second kappa shape index (κ2) is 7.42. The Morgan fingerprint density at radius 3 is 2.48 bits per heavy atom. The number of hydrogen-bond donors (Lipinski definition) is 2. The highest BCUT2D eigenvalue weighted by Gasteiger charge is 2.33. The van der Waals surface area contributed by atoms with Crippen LogP contribution in [0.3, 0.4) is 0 Å². The van der Waals surface area contributed by atoms with Crippen LogP contribution in [0, 0.1) is 12.8 Å². The Balaban J connectivity index is 2.05. The van der Waals surface area contributed by atoms with E-state index in [4.69, 9.17) is 5.11 Å². The number of aryl methyl sites for hydroxylation is 1. The predicted octanol–water partition coefficient (Wildman–Crippen LogP) is 1.65. The van der Waals surface area contributed by atoms with Gasteiger partial charge >= 0.3 is 5.97 Å². The van der Waals surface area contributed by atoms with Crippen LogP contribution >= 0.6 is 0 Å². The summed E-state index contributed by atoms with van der Waals surface area (Å²) in [6.45, 7) is 7.32. The summed E-state index contributed by atoms with van der Waals surface area (Å²) >= 11 is 0. The van der Waals surface area contributed by atoms with Crippen molar-refractivity contribution < 1.29 is 14.7 Å². The number of aliphatic carboxylic acids is 1. The van der Waals surface area contributed by atoms with E-state index in [1.807, 2.05) is 45.0 Å². The number of rotatable bonds is 7. The van der Waals surface area contributed by atoms with Gasteiger partial charge in [-0.25, -0.2) is 0 Å². The first kappa shape index (κ1) is 18.6. The van der Waals surface area contributed by atoms with Crippen molar-refractivity contribution in [1.82, 2.24) is 25.5 Å². The van der Waals surface area contributed by atoms with Gasteiger partial charge in [0.05, 0.1) is 12.0 Å². The van der Waals surface area contributed by atoms with Gasteiger partial charge < -0.3 is 10.4 Å². The molecule has 1 aromatic carbocycles. The molecule has 25 heavy (non-hydrogen) atoms. The molecule has 0 aliphatic rings. The Hall–Kier alpha value is -2.77. The van der Waals surface area contributed by atoms with E-state index < -0.39 is 11.5 Å². The number of benzene rings is 1. The molecule has 0 saturated heterocycles. The third-order valence-corrected chi connectivity index (χ3v) is 4.27. The number of nitrogens with zero attached hydrogens (tertiary/aromatic N) is 4. The fourth-order valence-corrected chi connectivity index (χ4v) is 2.32. The fourth-order valence-electron chi connectivity index (χ4n) is 2.32. The molecule has 2 N–H and O–H groups in total. The third-order valence-electron chi connectivity index (χ3n) is 4.27. The molecule has 0 spiro atoms. The maximum Gasteiger partial charge on any atom is 0.305 e. The lowest BCUT2D eigenvalue weighted by molar-refractivity contribution is -0.139. The Bertz CT molecular complexity index is 754. The molecule has 0 aliphatic heterocycles. The summed E-state index contributed by atoms with van der Waals surface area (Å²) in [5.41, 5.74) is 1.10. The number of amides is 1. The minimum atomic E-state index is -0.961. The zero-order valence-electron chi connectivity index (χ0n) is 14.9. The summed E-state index contributed by atoms with van der Waals surface area (Å²) in [5.74, 6) is -0.924. The molecule has 0 aliphatic carbocycles. The quantitative estimate of drug-likeness (QED) is 0.789. The van der Waals surface area contributed by atoms with Crippen molar-refractivity contribution >= 4 is 11.9 Å². The number of carboxylic acids is 1. The van der Waals surface area contributed by atoms with Crippen LogP contribution in [-0.2, 0) is 16.1 Å². The maximum absolute atomic E-state index is 12.3. The van der Waals surface area contributed by atoms with Crippen molar-refractivity contribution in [3.63, 3.8) is 0 Å². The van der Waals surface area contributed by atoms with Crippen LogP contribution in [0.1, 0.15) is 32.8 Å². The van der Waals surface area contributed by atoms with Crippen molar-refractivity contribution in [2.45, 2.75) is 46.2 Å². The second-order valence-corrected chi connectivity index (χ2v) is 6.70. The normalized spacial score (nSPS) is 13.5. The third kappa shape index (κ3) is 4.85. The summed E-state index contributed by atoms with van der Waals surface area (Å²) < 4.78 is 0. The molecule has 1 unspecified atom stereocenters. The SMILES string of the molecule is Cc1ccc(-c2nnn(CC(=O)NC(C)(CC(=O)O)C(C)C)n2)cc1. The Labute approximate surface area is 146 Å². The van der Waals surface area contributed by atoms with Gasteiger partial charge in [-0.15, -0.1) is 10.2 Å². The number of carboxylic acid groups (broad SMARTS) is 1. The summed E-state index contributed by atoms with van der Waals surface area (Å²) in [4.78, 5) is 24.5. The van der Waals surface area contributed by atoms with Crippen molar-refractivity contribution in [3.8, 4) is 11.4 Å². The molecule has 134 valence electrons. The Kier molecular flexibility index (Phi) is 5.51. The lowest BCUT2D eigenvalue weighted by Gasteiger charge is -2.33. The van der Waals surface area contributed by atoms with Gasteiger partial charge in [-0.05, 0) is 25.0 Å². The van der Waals surface area contributed by atoms with E-state index in [0.29, 0.717) is 5.82 Å². The summed E-state index contributed by atoms with van der Waals surface area (Å²) in [5, 5.41) is 23.9. The molecule has 0 fully saturated rings. The van der Waals surface area contributed by atoms with E-state index in [2.05, 4.69) is 20.7 Å². The molecule has 8 heteroatoms. The standard InChI is InChI=1S/C17H23N5O3/c1-11(2)17(4,9-15(24)25)18-14(23)10-22-20-16(19-21-22)13-7-5-12(3)6-8-13/h5-8,11H,9-10H2,1-4H3,(H,18,23)(H,24,25). The maximum atomic E-state index is 12.3. The van der Waals surface area contributed by atoms with Crippen LogP contribution in [0.4, 0.5) is 0 Å².